The molecule has 0 unspecified atom stereocenters. The molecular formula is C33H30Cl2HfNSi. The van der Waals surface area contributed by atoms with Crippen LogP contribution in [0.25, 0.3) is 16.9 Å². The minimum atomic E-state index is 0. The van der Waals surface area contributed by atoms with E-state index in [2.05, 4.69) is 103 Å². The van der Waals surface area contributed by atoms with Gasteiger partial charge in [0.05, 0.1) is 0 Å². The summed E-state index contributed by atoms with van der Waals surface area (Å²) < 4.78 is 0. The number of nitrogens with one attached hydrogen (secondary N) is 1. The number of hydrogen-bond acceptors (Lipinski definition) is 0. The fraction of sp³-hybridized carbons (Fsp3) is 0.0909. The predicted octanol–water partition coefficient (Wildman–Crippen LogP) is 1.12. The van der Waals surface area contributed by atoms with Crippen LogP contribution >= 0.6 is 0 Å². The van der Waals surface area contributed by atoms with E-state index in [9.17, 15) is 0 Å². The molecule has 0 fully saturated rings. The minimum Gasteiger partial charge on any atom is -1.00 e. The minimum absolute atomic E-state index is 0. The molecule has 0 aliphatic heterocycles. The van der Waals surface area contributed by atoms with Crippen molar-refractivity contribution in [3.8, 4) is 11.1 Å². The summed E-state index contributed by atoms with van der Waals surface area (Å²) in [6.45, 7) is 3.91. The molecule has 5 aromatic carbocycles. The third kappa shape index (κ3) is 9.39. The zero-order valence-electron chi connectivity index (χ0n) is 21.6. The van der Waals surface area contributed by atoms with Crippen molar-refractivity contribution in [2.45, 2.75) is 20.3 Å². The Morgan fingerprint density at radius 2 is 1.11 bits per heavy atom. The average molecular weight is 718 g/mol. The molecule has 189 valence electrons. The van der Waals surface area contributed by atoms with Crippen molar-refractivity contribution in [2.75, 3.05) is 0 Å². The molecule has 0 saturated heterocycles. The summed E-state index contributed by atoms with van der Waals surface area (Å²) in [5.41, 5.74) is 15.7. The van der Waals surface area contributed by atoms with Crippen molar-refractivity contribution in [1.82, 2.24) is 0 Å². The molecule has 5 aromatic rings. The van der Waals surface area contributed by atoms with E-state index in [1.807, 2.05) is 38.1 Å². The Labute approximate surface area is 261 Å². The summed E-state index contributed by atoms with van der Waals surface area (Å²) in [5, 5.41) is 2.90. The molecule has 0 heterocycles. The summed E-state index contributed by atoms with van der Waals surface area (Å²) in [5.74, 6) is 0. The van der Waals surface area contributed by atoms with Crippen molar-refractivity contribution in [3.05, 3.63) is 155 Å². The van der Waals surface area contributed by atoms with Gasteiger partial charge in [-0.05, 0) is 20.3 Å². The molecule has 0 aromatic heterocycles. The van der Waals surface area contributed by atoms with Crippen molar-refractivity contribution in [2.24, 2.45) is 0 Å². The molecule has 38 heavy (non-hydrogen) atoms. The molecular weight excluding hydrogens is 688 g/mol. The van der Waals surface area contributed by atoms with E-state index < -0.39 is 0 Å². The van der Waals surface area contributed by atoms with Crippen molar-refractivity contribution < 1.29 is 50.7 Å². The summed E-state index contributed by atoms with van der Waals surface area (Å²) >= 11 is 0. The second-order valence-corrected chi connectivity index (χ2v) is 10.3. The van der Waals surface area contributed by atoms with E-state index in [1.54, 1.807) is 0 Å². The van der Waals surface area contributed by atoms with Crippen LogP contribution in [0.1, 0.15) is 22.3 Å². The summed E-state index contributed by atoms with van der Waals surface area (Å²) in [6, 6.07) is 45.3. The van der Waals surface area contributed by atoms with Gasteiger partial charge in [0.25, 0.3) is 0 Å². The topological polar surface area (TPSA) is 23.8 Å². The number of rotatable bonds is 2. The maximum Gasteiger partial charge on any atom is 4.00 e. The first-order valence-corrected chi connectivity index (χ1v) is 13.1. The van der Waals surface area contributed by atoms with E-state index in [4.69, 9.17) is 5.73 Å². The van der Waals surface area contributed by atoms with E-state index >= 15 is 0 Å². The number of fused-ring (bicyclic) bond motifs is 3. The van der Waals surface area contributed by atoms with Gasteiger partial charge < -0.3 is 30.5 Å². The average Bonchev–Trinajstić information content (AvgIpc) is 3.28. The quantitative estimate of drug-likeness (QED) is 0.190. The van der Waals surface area contributed by atoms with Crippen molar-refractivity contribution in [3.63, 3.8) is 0 Å². The van der Waals surface area contributed by atoms with Crippen LogP contribution in [0, 0.1) is 19.9 Å². The van der Waals surface area contributed by atoms with Crippen molar-refractivity contribution in [1.29, 1.82) is 0 Å². The normalized spacial score (nSPS) is 9.84. The standard InChI is InChI=1S/C13H9.C12H11Si.C8H10N.2ClH.Hf/c1-3-7-12-10(5-1)9-11-6-2-4-8-13(11)12;1-3-7-11(8-4-1)13-12-9-5-2-6-10-12;1-6-4-3-5-7(2)8(6)9;;;/h1-5,7-8H,9H2;1-10,13H;3-5,9H,1-2H3;2*1H;/q-1;;-1;;;+4/p-2. The van der Waals surface area contributed by atoms with E-state index in [0.717, 1.165) is 17.5 Å². The van der Waals surface area contributed by atoms with Crippen LogP contribution in [0.2, 0.25) is 0 Å². The Kier molecular flexibility index (Phi) is 15.2. The first-order chi connectivity index (χ1) is 17.1. The van der Waals surface area contributed by atoms with Gasteiger partial charge in [0.2, 0.25) is 0 Å². The predicted molar refractivity (Wildman–Crippen MR) is 153 cm³/mol. The van der Waals surface area contributed by atoms with E-state index in [-0.39, 0.29) is 60.2 Å². The van der Waals surface area contributed by atoms with Gasteiger partial charge in [-0.15, -0.1) is 11.3 Å². The first kappa shape index (κ1) is 33.6. The van der Waals surface area contributed by atoms with Gasteiger partial charge in [-0.2, -0.15) is 29.8 Å². The van der Waals surface area contributed by atoms with Gasteiger partial charge >= 0.3 is 25.8 Å². The Morgan fingerprint density at radius 1 is 0.605 bits per heavy atom. The van der Waals surface area contributed by atoms with Gasteiger partial charge in [0.15, 0.2) is 0 Å². The zero-order chi connectivity index (χ0) is 24.5. The second-order valence-electron chi connectivity index (χ2n) is 8.63. The maximum atomic E-state index is 7.44. The first-order valence-electron chi connectivity index (χ1n) is 11.9. The number of aryl methyl sites for hydroxylation is 2. The monoisotopic (exact) mass is 718 g/mol. The maximum absolute atomic E-state index is 7.44. The molecule has 6 rings (SSSR count). The van der Waals surface area contributed by atoms with Crippen LogP contribution in [0.3, 0.4) is 0 Å². The molecule has 1 N–H and O–H groups in total. The second kappa shape index (κ2) is 17.2. The summed E-state index contributed by atoms with van der Waals surface area (Å²) in [4.78, 5) is 0. The molecule has 1 aliphatic carbocycles. The molecule has 0 atom stereocenters. The Morgan fingerprint density at radius 3 is 1.66 bits per heavy atom. The van der Waals surface area contributed by atoms with Gasteiger partial charge in [0, 0.05) is 0 Å². The van der Waals surface area contributed by atoms with Crippen LogP contribution in [-0.2, 0) is 32.3 Å². The number of halogens is 2. The smallest absolute Gasteiger partial charge is 1.00 e. The third-order valence-corrected chi connectivity index (χ3v) is 7.47. The number of hydrogen-bond donors (Lipinski definition) is 0. The molecule has 1 radical (unpaired) electrons. The van der Waals surface area contributed by atoms with E-state index in [1.165, 1.54) is 32.6 Å². The van der Waals surface area contributed by atoms with Crippen LogP contribution in [-0.4, -0.2) is 9.52 Å². The van der Waals surface area contributed by atoms with Gasteiger partial charge in [-0.1, -0.05) is 136 Å². The fourth-order valence-electron chi connectivity index (χ4n) is 4.10. The molecule has 0 amide bonds. The molecule has 0 bridgehead atoms. The number of benzene rings is 5. The molecule has 1 nitrogen and oxygen atoms in total. The van der Waals surface area contributed by atoms with Crippen molar-refractivity contribution >= 4 is 25.6 Å². The SMILES string of the molecule is Cc1cccc(C)c1[NH-].[Cl-].[Cl-].[Hf+4].[c-]1cccc2c1Cc1ccccc1-2.c1ccc([SiH]c2ccccc2)cc1. The van der Waals surface area contributed by atoms with Gasteiger partial charge in [-0.25, -0.2) is 0 Å². The van der Waals surface area contributed by atoms with Crippen LogP contribution in [0.15, 0.2) is 121 Å². The summed E-state index contributed by atoms with van der Waals surface area (Å²) in [6.07, 6.45) is 1.05. The molecule has 1 aliphatic rings. The van der Waals surface area contributed by atoms with Gasteiger partial charge in [-0.3, -0.25) is 0 Å². The van der Waals surface area contributed by atoms with E-state index in [0.29, 0.717) is 5.69 Å². The fourth-order valence-corrected chi connectivity index (χ4v) is 5.32. The molecule has 0 saturated carbocycles. The Bertz CT molecular complexity index is 1280. The van der Waals surface area contributed by atoms with Crippen LogP contribution < -0.4 is 35.2 Å². The zero-order valence-corrected chi connectivity index (χ0v) is 27.8. The largest absolute Gasteiger partial charge is 4.00 e. The van der Waals surface area contributed by atoms with Gasteiger partial charge in [0.1, 0.15) is 9.52 Å². The third-order valence-electron chi connectivity index (χ3n) is 6.03. The molecule has 0 spiro atoms. The Hall–Kier alpha value is -2.43. The summed E-state index contributed by atoms with van der Waals surface area (Å²) in [7, 11) is 0.271. The Balaban J connectivity index is 0.000000279. The van der Waals surface area contributed by atoms with Crippen LogP contribution in [0.4, 0.5) is 5.69 Å². The van der Waals surface area contributed by atoms with Crippen LogP contribution in [0.5, 0.6) is 0 Å². The molecule has 5 heteroatoms.